The van der Waals surface area contributed by atoms with Crippen LogP contribution in [0, 0.1) is 5.92 Å². The molecule has 3 rings (SSSR count). The van der Waals surface area contributed by atoms with Crippen LogP contribution in [0.25, 0.3) is 12.2 Å². The van der Waals surface area contributed by atoms with Crippen LogP contribution in [0.3, 0.4) is 0 Å². The molecule has 5 nitrogen and oxygen atoms in total. The fourth-order valence-corrected chi connectivity index (χ4v) is 3.30. The van der Waals surface area contributed by atoms with Gasteiger partial charge in [-0.3, -0.25) is 9.59 Å². The van der Waals surface area contributed by atoms with Crippen LogP contribution >= 0.6 is 0 Å². The third kappa shape index (κ3) is 4.68. The zero-order valence-corrected chi connectivity index (χ0v) is 15.6. The van der Waals surface area contributed by atoms with Gasteiger partial charge in [0, 0.05) is 11.1 Å². The summed E-state index contributed by atoms with van der Waals surface area (Å²) in [6.45, 7) is 2.03. The van der Waals surface area contributed by atoms with Gasteiger partial charge in [0.15, 0.2) is 5.78 Å². The summed E-state index contributed by atoms with van der Waals surface area (Å²) >= 11 is 0. The molecule has 1 fully saturated rings. The maximum Gasteiger partial charge on any atom is 0.309 e. The molecule has 2 aromatic carbocycles. The summed E-state index contributed by atoms with van der Waals surface area (Å²) in [5.41, 5.74) is 2.34. The van der Waals surface area contributed by atoms with Gasteiger partial charge in [-0.15, -0.1) is 0 Å². The van der Waals surface area contributed by atoms with Crippen LogP contribution in [0.15, 0.2) is 59.7 Å². The first kappa shape index (κ1) is 19.4. The first-order valence-corrected chi connectivity index (χ1v) is 9.17. The number of rotatable bonds is 4. The molecule has 0 aromatic heterocycles. The van der Waals surface area contributed by atoms with Crippen molar-refractivity contribution in [2.24, 2.45) is 5.92 Å². The summed E-state index contributed by atoms with van der Waals surface area (Å²) in [7, 11) is 0. The van der Waals surface area contributed by atoms with E-state index in [0.29, 0.717) is 22.3 Å². The smallest absolute Gasteiger partial charge is 0.309 e. The predicted molar refractivity (Wildman–Crippen MR) is 107 cm³/mol. The molecule has 28 heavy (non-hydrogen) atoms. The Balaban J connectivity index is 1.99. The highest BCUT2D eigenvalue weighted by molar-refractivity contribution is 6.14. The Morgan fingerprint density at radius 3 is 1.93 bits per heavy atom. The molecule has 0 bridgehead atoms. The molecule has 2 aromatic rings. The highest BCUT2D eigenvalue weighted by Gasteiger charge is 2.32. The van der Waals surface area contributed by atoms with Crippen LogP contribution in [0.2, 0.25) is 0 Å². The van der Waals surface area contributed by atoms with Crippen molar-refractivity contribution in [3.63, 3.8) is 0 Å². The van der Waals surface area contributed by atoms with Gasteiger partial charge < -0.3 is 14.9 Å². The fourth-order valence-electron chi connectivity index (χ4n) is 3.30. The van der Waals surface area contributed by atoms with Crippen molar-refractivity contribution in [1.82, 2.24) is 0 Å². The van der Waals surface area contributed by atoms with Crippen molar-refractivity contribution >= 4 is 23.9 Å². The number of esters is 1. The summed E-state index contributed by atoms with van der Waals surface area (Å²) in [4.78, 5) is 25.4. The number of phenolic OH excluding ortho intramolecular Hbond substituents is 2. The van der Waals surface area contributed by atoms with Gasteiger partial charge >= 0.3 is 5.97 Å². The zero-order valence-electron chi connectivity index (χ0n) is 15.6. The Kier molecular flexibility index (Phi) is 5.94. The molecule has 0 radical (unpaired) electrons. The fraction of sp³-hybridized carbons (Fsp3) is 0.217. The van der Waals surface area contributed by atoms with Gasteiger partial charge in [0.25, 0.3) is 0 Å². The van der Waals surface area contributed by atoms with Crippen LogP contribution in [-0.2, 0) is 14.3 Å². The second kappa shape index (κ2) is 8.57. The Bertz CT molecular complexity index is 887. The topological polar surface area (TPSA) is 83.8 Å². The van der Waals surface area contributed by atoms with Gasteiger partial charge in [-0.05, 0) is 67.3 Å². The van der Waals surface area contributed by atoms with Crippen LogP contribution in [0.1, 0.15) is 30.9 Å². The minimum absolute atomic E-state index is 0.107. The molecule has 0 aliphatic heterocycles. The predicted octanol–water partition coefficient (Wildman–Crippen LogP) is 4.11. The number of aromatic hydroxyl groups is 2. The molecule has 1 unspecified atom stereocenters. The lowest BCUT2D eigenvalue weighted by Crippen LogP contribution is -2.27. The Hall–Kier alpha value is -3.34. The van der Waals surface area contributed by atoms with Crippen molar-refractivity contribution in [1.29, 1.82) is 0 Å². The Labute approximate surface area is 163 Å². The molecule has 1 saturated carbocycles. The lowest BCUT2D eigenvalue weighted by Gasteiger charge is -2.24. The average molecular weight is 378 g/mol. The molecular formula is C23H22O5. The van der Waals surface area contributed by atoms with Gasteiger partial charge in [0.05, 0.1) is 12.5 Å². The van der Waals surface area contributed by atoms with E-state index in [1.165, 1.54) is 0 Å². The lowest BCUT2D eigenvalue weighted by atomic mass is 9.79. The van der Waals surface area contributed by atoms with Crippen molar-refractivity contribution in [2.75, 3.05) is 6.61 Å². The minimum atomic E-state index is -0.454. The van der Waals surface area contributed by atoms with Crippen LogP contribution in [-0.4, -0.2) is 28.6 Å². The van der Waals surface area contributed by atoms with E-state index in [4.69, 9.17) is 4.74 Å². The molecule has 0 amide bonds. The maximum atomic E-state index is 13.0. The molecule has 1 aliphatic carbocycles. The number of hydrogen-bond donors (Lipinski definition) is 2. The van der Waals surface area contributed by atoms with E-state index < -0.39 is 5.92 Å². The quantitative estimate of drug-likeness (QED) is 0.618. The van der Waals surface area contributed by atoms with E-state index in [2.05, 4.69) is 0 Å². The number of phenols is 2. The molecule has 0 spiro atoms. The number of ether oxygens (including phenoxy) is 1. The number of allylic oxidation sites excluding steroid dienone is 2. The Morgan fingerprint density at radius 1 is 1.00 bits per heavy atom. The van der Waals surface area contributed by atoms with Crippen molar-refractivity contribution < 1.29 is 24.5 Å². The first-order valence-electron chi connectivity index (χ1n) is 9.17. The van der Waals surface area contributed by atoms with Gasteiger partial charge in [0.2, 0.25) is 0 Å². The van der Waals surface area contributed by atoms with E-state index >= 15 is 0 Å². The SMILES string of the molecule is CCOC(=O)C1C/C(=C/c2cccc(O)c2)C(=O)/C(=C/c2cccc(O)c2)C1. The van der Waals surface area contributed by atoms with E-state index in [1.807, 2.05) is 0 Å². The number of carbonyl (C=O) groups excluding carboxylic acids is 2. The first-order chi connectivity index (χ1) is 13.5. The van der Waals surface area contributed by atoms with Crippen molar-refractivity contribution in [3.8, 4) is 11.5 Å². The summed E-state index contributed by atoms with van der Waals surface area (Å²) in [5.74, 6) is -0.722. The number of ketones is 1. The summed E-state index contributed by atoms with van der Waals surface area (Å²) in [5, 5.41) is 19.3. The zero-order chi connectivity index (χ0) is 20.1. The summed E-state index contributed by atoms with van der Waals surface area (Å²) < 4.78 is 5.17. The van der Waals surface area contributed by atoms with Crippen molar-refractivity contribution in [3.05, 3.63) is 70.8 Å². The highest BCUT2D eigenvalue weighted by atomic mass is 16.5. The second-order valence-corrected chi connectivity index (χ2v) is 6.72. The molecular weight excluding hydrogens is 356 g/mol. The number of Topliss-reactive ketones (excluding diaryl/α,β-unsaturated/α-hetero) is 1. The number of benzene rings is 2. The average Bonchev–Trinajstić information content (AvgIpc) is 2.65. The molecule has 5 heteroatoms. The number of carbonyl (C=O) groups is 2. The van der Waals surface area contributed by atoms with Gasteiger partial charge in [-0.25, -0.2) is 0 Å². The van der Waals surface area contributed by atoms with Crippen LogP contribution < -0.4 is 0 Å². The Morgan fingerprint density at radius 2 is 1.50 bits per heavy atom. The largest absolute Gasteiger partial charge is 0.508 e. The van der Waals surface area contributed by atoms with Gasteiger partial charge in [-0.1, -0.05) is 24.3 Å². The van der Waals surface area contributed by atoms with Gasteiger partial charge in [-0.2, -0.15) is 0 Å². The van der Waals surface area contributed by atoms with Gasteiger partial charge in [0.1, 0.15) is 11.5 Å². The standard InChI is InChI=1S/C23H22O5/c1-2-28-23(27)19-13-17(9-15-5-3-7-20(24)11-15)22(26)18(14-19)10-16-6-4-8-21(25)12-16/h3-12,19,24-25H,2,13-14H2,1H3/b17-9-,18-10+. The summed E-state index contributed by atoms with van der Waals surface area (Å²) in [6, 6.07) is 13.2. The van der Waals surface area contributed by atoms with Crippen molar-refractivity contribution in [2.45, 2.75) is 19.8 Å². The third-order valence-corrected chi connectivity index (χ3v) is 4.56. The number of hydrogen-bond acceptors (Lipinski definition) is 5. The molecule has 2 N–H and O–H groups in total. The molecule has 0 heterocycles. The van der Waals surface area contributed by atoms with E-state index in [-0.39, 0.29) is 42.7 Å². The van der Waals surface area contributed by atoms with Crippen LogP contribution in [0.5, 0.6) is 11.5 Å². The third-order valence-electron chi connectivity index (χ3n) is 4.56. The molecule has 0 saturated heterocycles. The minimum Gasteiger partial charge on any atom is -0.508 e. The van der Waals surface area contributed by atoms with E-state index in [0.717, 1.165) is 0 Å². The van der Waals surface area contributed by atoms with Crippen LogP contribution in [0.4, 0.5) is 0 Å². The summed E-state index contributed by atoms with van der Waals surface area (Å²) in [6.07, 6.45) is 3.96. The lowest BCUT2D eigenvalue weighted by molar-refractivity contribution is -0.148. The highest BCUT2D eigenvalue weighted by Crippen LogP contribution is 2.33. The monoisotopic (exact) mass is 378 g/mol. The molecule has 1 aliphatic rings. The molecule has 144 valence electrons. The normalized spacial score (nSPS) is 19.8. The van der Waals surface area contributed by atoms with E-state index in [9.17, 15) is 19.8 Å². The van der Waals surface area contributed by atoms with E-state index in [1.54, 1.807) is 67.6 Å². The molecule has 1 atom stereocenters. The second-order valence-electron chi connectivity index (χ2n) is 6.72. The maximum absolute atomic E-state index is 13.0.